The third-order valence-electron chi connectivity index (χ3n) is 2.17. The summed E-state index contributed by atoms with van der Waals surface area (Å²) in [4.78, 5) is 10.5. The number of rotatable bonds is 7. The molecule has 0 aliphatic carbocycles. The topological polar surface area (TPSA) is 65.0 Å². The Labute approximate surface area is 91.0 Å². The van der Waals surface area contributed by atoms with E-state index in [0.29, 0.717) is 18.0 Å². The van der Waals surface area contributed by atoms with Crippen molar-refractivity contribution in [3.8, 4) is 0 Å². The predicted molar refractivity (Wildman–Crippen MR) is 57.6 cm³/mol. The summed E-state index contributed by atoms with van der Waals surface area (Å²) in [6, 6.07) is 0.571. The van der Waals surface area contributed by atoms with E-state index in [2.05, 4.69) is 0 Å². The minimum atomic E-state index is -2.56. The van der Waals surface area contributed by atoms with E-state index in [0.717, 1.165) is 0 Å². The summed E-state index contributed by atoms with van der Waals surface area (Å²) < 4.78 is 15.6. The van der Waals surface area contributed by atoms with Gasteiger partial charge in [-0.25, -0.2) is 4.79 Å². The molecule has 5 nitrogen and oxygen atoms in total. The Bertz CT molecular complexity index is 226. The second-order valence-electron chi connectivity index (χ2n) is 3.03. The van der Waals surface area contributed by atoms with Gasteiger partial charge in [-0.05, 0) is 13.3 Å². The third kappa shape index (κ3) is 4.56. The molecule has 0 saturated heterocycles. The minimum Gasteiger partial charge on any atom is -0.478 e. The highest BCUT2D eigenvalue weighted by Gasteiger charge is 2.36. The molecule has 0 rings (SSSR count). The molecule has 88 valence electrons. The predicted octanol–water partition coefficient (Wildman–Crippen LogP) is 1.29. The van der Waals surface area contributed by atoms with Crippen molar-refractivity contribution in [2.75, 3.05) is 21.3 Å². The van der Waals surface area contributed by atoms with Gasteiger partial charge in [-0.15, -0.1) is 0 Å². The molecular weight excluding hydrogens is 216 g/mol. The fourth-order valence-electron chi connectivity index (χ4n) is 1.11. The van der Waals surface area contributed by atoms with Crippen molar-refractivity contribution in [2.24, 2.45) is 0 Å². The fraction of sp³-hybridized carbons (Fsp3) is 0.667. The van der Waals surface area contributed by atoms with Crippen molar-refractivity contribution in [1.82, 2.24) is 0 Å². The van der Waals surface area contributed by atoms with Gasteiger partial charge in [-0.2, -0.15) is 0 Å². The Morgan fingerprint density at radius 3 is 2.07 bits per heavy atom. The molecule has 0 unspecified atom stereocenters. The molecule has 0 aromatic carbocycles. The molecule has 0 aromatic heterocycles. The SMILES string of the molecule is CO[Si](CCC=C(C)C(=O)O)(OC)OC. The van der Waals surface area contributed by atoms with Gasteiger partial charge in [0.05, 0.1) is 0 Å². The van der Waals surface area contributed by atoms with Crippen LogP contribution in [0.15, 0.2) is 11.6 Å². The number of carbonyl (C=O) groups is 1. The first kappa shape index (κ1) is 14.3. The maximum absolute atomic E-state index is 10.5. The second kappa shape index (κ2) is 6.73. The summed E-state index contributed by atoms with van der Waals surface area (Å²) in [6.07, 6.45) is 2.21. The Hall–Kier alpha value is -0.693. The zero-order chi connectivity index (χ0) is 11.9. The quantitative estimate of drug-likeness (QED) is 0.531. The average molecular weight is 234 g/mol. The molecule has 0 aliphatic heterocycles. The van der Waals surface area contributed by atoms with Gasteiger partial charge in [-0.1, -0.05) is 6.08 Å². The first-order valence-corrected chi connectivity index (χ1v) is 6.50. The van der Waals surface area contributed by atoms with Crippen molar-refractivity contribution < 1.29 is 23.2 Å². The van der Waals surface area contributed by atoms with E-state index in [1.54, 1.807) is 13.0 Å². The van der Waals surface area contributed by atoms with Crippen LogP contribution in [-0.2, 0) is 18.1 Å². The van der Waals surface area contributed by atoms with Crippen molar-refractivity contribution in [3.05, 3.63) is 11.6 Å². The number of aliphatic carboxylic acids is 1. The summed E-state index contributed by atoms with van der Waals surface area (Å²) in [5, 5.41) is 8.63. The van der Waals surface area contributed by atoms with Gasteiger partial charge in [0.25, 0.3) is 0 Å². The first-order valence-electron chi connectivity index (χ1n) is 4.57. The minimum absolute atomic E-state index is 0.321. The monoisotopic (exact) mass is 234 g/mol. The molecule has 6 heteroatoms. The number of hydrogen-bond acceptors (Lipinski definition) is 4. The lowest BCUT2D eigenvalue weighted by molar-refractivity contribution is -0.132. The number of carboxylic acids is 1. The van der Waals surface area contributed by atoms with Crippen LogP contribution in [0.3, 0.4) is 0 Å². The normalized spacial score (nSPS) is 12.9. The standard InChI is InChI=1S/C9H18O5Si/c1-8(9(10)11)6-5-7-15(12-2,13-3)14-4/h6H,5,7H2,1-4H3,(H,10,11). The maximum atomic E-state index is 10.5. The van der Waals surface area contributed by atoms with E-state index in [9.17, 15) is 4.79 Å². The van der Waals surface area contributed by atoms with Crippen LogP contribution in [0.2, 0.25) is 6.04 Å². The van der Waals surface area contributed by atoms with E-state index in [1.807, 2.05) is 0 Å². The van der Waals surface area contributed by atoms with Crippen LogP contribution in [-0.4, -0.2) is 41.2 Å². The molecular formula is C9H18O5Si. The largest absolute Gasteiger partial charge is 0.500 e. The van der Waals surface area contributed by atoms with Gasteiger partial charge < -0.3 is 18.4 Å². The highest BCUT2D eigenvalue weighted by atomic mass is 28.4. The van der Waals surface area contributed by atoms with Crippen LogP contribution in [0.25, 0.3) is 0 Å². The van der Waals surface area contributed by atoms with Gasteiger partial charge in [0.15, 0.2) is 0 Å². The first-order chi connectivity index (χ1) is 7.01. The fourth-order valence-corrected chi connectivity index (χ4v) is 2.72. The van der Waals surface area contributed by atoms with Crippen LogP contribution in [0.5, 0.6) is 0 Å². The van der Waals surface area contributed by atoms with Crippen LogP contribution < -0.4 is 0 Å². The van der Waals surface area contributed by atoms with Crippen molar-refractivity contribution >= 4 is 14.8 Å². The van der Waals surface area contributed by atoms with Gasteiger partial charge >= 0.3 is 14.8 Å². The van der Waals surface area contributed by atoms with Gasteiger partial charge in [0, 0.05) is 32.9 Å². The highest BCUT2D eigenvalue weighted by molar-refractivity contribution is 6.60. The van der Waals surface area contributed by atoms with Crippen LogP contribution in [0.1, 0.15) is 13.3 Å². The lowest BCUT2D eigenvalue weighted by atomic mass is 10.2. The molecule has 1 N–H and O–H groups in total. The zero-order valence-corrected chi connectivity index (χ0v) is 10.6. The Morgan fingerprint density at radius 2 is 1.73 bits per heavy atom. The molecule has 0 aliphatic rings. The smallest absolute Gasteiger partial charge is 0.478 e. The molecule has 0 bridgehead atoms. The molecule has 0 fully saturated rings. The van der Waals surface area contributed by atoms with E-state index < -0.39 is 14.8 Å². The zero-order valence-electron chi connectivity index (χ0n) is 9.57. The summed E-state index contributed by atoms with van der Waals surface area (Å²) in [5.41, 5.74) is 0.321. The van der Waals surface area contributed by atoms with Crippen molar-refractivity contribution in [1.29, 1.82) is 0 Å². The van der Waals surface area contributed by atoms with E-state index >= 15 is 0 Å². The Kier molecular flexibility index (Phi) is 6.42. The molecule has 0 radical (unpaired) electrons. The van der Waals surface area contributed by atoms with E-state index in [1.165, 1.54) is 21.3 Å². The molecule has 0 atom stereocenters. The summed E-state index contributed by atoms with van der Waals surface area (Å²) in [5.74, 6) is -0.908. The number of carboxylic acid groups (broad SMARTS) is 1. The molecule has 0 saturated carbocycles. The van der Waals surface area contributed by atoms with Crippen LogP contribution >= 0.6 is 0 Å². The third-order valence-corrected chi connectivity index (χ3v) is 4.94. The lowest BCUT2D eigenvalue weighted by Crippen LogP contribution is -2.42. The second-order valence-corrected chi connectivity index (χ2v) is 6.12. The Morgan fingerprint density at radius 1 is 1.27 bits per heavy atom. The highest BCUT2D eigenvalue weighted by Crippen LogP contribution is 2.15. The number of hydrogen-bond donors (Lipinski definition) is 1. The van der Waals surface area contributed by atoms with Crippen LogP contribution in [0, 0.1) is 0 Å². The Balaban J connectivity index is 4.23. The van der Waals surface area contributed by atoms with Crippen LogP contribution in [0.4, 0.5) is 0 Å². The number of allylic oxidation sites excluding steroid dienone is 1. The van der Waals surface area contributed by atoms with Gasteiger partial charge in [-0.3, -0.25) is 0 Å². The summed E-state index contributed by atoms with van der Waals surface area (Å²) in [7, 11) is 2.05. The molecule has 0 aromatic rings. The average Bonchev–Trinajstić information content (AvgIpc) is 2.24. The molecule has 0 amide bonds. The molecule has 0 heterocycles. The van der Waals surface area contributed by atoms with Gasteiger partial charge in [0.1, 0.15) is 0 Å². The maximum Gasteiger partial charge on any atom is 0.500 e. The van der Waals surface area contributed by atoms with E-state index in [4.69, 9.17) is 18.4 Å². The van der Waals surface area contributed by atoms with Gasteiger partial charge in [0.2, 0.25) is 0 Å². The van der Waals surface area contributed by atoms with Crippen molar-refractivity contribution in [2.45, 2.75) is 19.4 Å². The van der Waals surface area contributed by atoms with E-state index in [-0.39, 0.29) is 0 Å². The van der Waals surface area contributed by atoms with Crippen molar-refractivity contribution in [3.63, 3.8) is 0 Å². The molecule has 0 spiro atoms. The summed E-state index contributed by atoms with van der Waals surface area (Å²) in [6.45, 7) is 1.55. The molecule has 15 heavy (non-hydrogen) atoms. The summed E-state index contributed by atoms with van der Waals surface area (Å²) >= 11 is 0. The lowest BCUT2D eigenvalue weighted by Gasteiger charge is -2.23.